The van der Waals surface area contributed by atoms with E-state index in [9.17, 15) is 0 Å². The van der Waals surface area contributed by atoms with E-state index in [0.29, 0.717) is 23.6 Å². The predicted molar refractivity (Wildman–Crippen MR) is 70.4 cm³/mol. The van der Waals surface area contributed by atoms with E-state index in [-0.39, 0.29) is 0 Å². The number of hydrogen-bond acceptors (Lipinski definition) is 4. The van der Waals surface area contributed by atoms with Crippen molar-refractivity contribution in [2.24, 2.45) is 0 Å². The van der Waals surface area contributed by atoms with Crippen molar-refractivity contribution in [1.29, 1.82) is 5.26 Å². The summed E-state index contributed by atoms with van der Waals surface area (Å²) in [6.07, 6.45) is 6.67. The Bertz CT molecular complexity index is 468. The van der Waals surface area contributed by atoms with Crippen LogP contribution in [0, 0.1) is 11.3 Å². The summed E-state index contributed by atoms with van der Waals surface area (Å²) in [6, 6.07) is 2.90. The molecule has 0 aliphatic heterocycles. The summed E-state index contributed by atoms with van der Waals surface area (Å²) in [5, 5.41) is 19.0. The van der Waals surface area contributed by atoms with Crippen LogP contribution in [0.4, 0.5) is 0 Å². The predicted octanol–water partition coefficient (Wildman–Crippen LogP) is 3.27. The Morgan fingerprint density at radius 2 is 2.17 bits per heavy atom. The summed E-state index contributed by atoms with van der Waals surface area (Å²) in [5.41, 5.74) is 0. The highest BCUT2D eigenvalue weighted by Gasteiger charge is 2.36. The monoisotopic (exact) mass is 262 g/mol. The van der Waals surface area contributed by atoms with Crippen molar-refractivity contribution in [2.45, 2.75) is 67.8 Å². The van der Waals surface area contributed by atoms with Crippen LogP contribution in [0.3, 0.4) is 0 Å². The molecule has 0 aromatic carbocycles. The molecule has 96 valence electrons. The molecular formula is C13H18N4S. The Labute approximate surface area is 112 Å². The zero-order valence-corrected chi connectivity index (χ0v) is 11.5. The van der Waals surface area contributed by atoms with Gasteiger partial charge in [-0.05, 0) is 32.1 Å². The fourth-order valence-electron chi connectivity index (χ4n) is 2.18. The highest BCUT2D eigenvalue weighted by atomic mass is 32.2. The number of hydrogen-bond donors (Lipinski definition) is 0. The number of thioether (sulfide) groups is 1. The highest BCUT2D eigenvalue weighted by Crippen LogP contribution is 2.46. The SMILES string of the molecule is CCC(CC#N)Sc1nnc(C2CC2)n1C1CC1. The third kappa shape index (κ3) is 2.39. The molecule has 1 unspecified atom stereocenters. The first-order chi connectivity index (χ1) is 8.83. The van der Waals surface area contributed by atoms with Crippen LogP contribution in [-0.4, -0.2) is 20.0 Å². The van der Waals surface area contributed by atoms with Gasteiger partial charge in [-0.1, -0.05) is 18.7 Å². The van der Waals surface area contributed by atoms with Gasteiger partial charge in [0.25, 0.3) is 0 Å². The third-order valence-corrected chi connectivity index (χ3v) is 4.91. The van der Waals surface area contributed by atoms with Crippen molar-refractivity contribution in [1.82, 2.24) is 14.8 Å². The minimum Gasteiger partial charge on any atom is -0.303 e. The first kappa shape index (κ1) is 12.0. The van der Waals surface area contributed by atoms with E-state index in [1.807, 2.05) is 0 Å². The van der Waals surface area contributed by atoms with Crippen molar-refractivity contribution in [2.75, 3.05) is 0 Å². The van der Waals surface area contributed by atoms with Gasteiger partial charge in [0.1, 0.15) is 5.82 Å². The molecule has 2 saturated carbocycles. The van der Waals surface area contributed by atoms with Crippen LogP contribution in [0.1, 0.15) is 63.2 Å². The zero-order valence-electron chi connectivity index (χ0n) is 10.7. The van der Waals surface area contributed by atoms with Gasteiger partial charge in [-0.2, -0.15) is 5.26 Å². The molecule has 0 saturated heterocycles. The van der Waals surface area contributed by atoms with E-state index < -0.39 is 0 Å². The fourth-order valence-corrected chi connectivity index (χ4v) is 3.25. The molecule has 0 spiro atoms. The average Bonchev–Trinajstić information content (AvgIpc) is 3.28. The van der Waals surface area contributed by atoms with Crippen LogP contribution < -0.4 is 0 Å². The molecule has 3 rings (SSSR count). The lowest BCUT2D eigenvalue weighted by atomic mass is 10.3. The molecule has 0 radical (unpaired) electrons. The Hall–Kier alpha value is -1.02. The second-order valence-corrected chi connectivity index (χ2v) is 6.49. The molecule has 0 bridgehead atoms. The number of nitriles is 1. The van der Waals surface area contributed by atoms with Gasteiger partial charge in [-0.3, -0.25) is 0 Å². The van der Waals surface area contributed by atoms with Crippen LogP contribution in [0.25, 0.3) is 0 Å². The molecule has 5 heteroatoms. The molecule has 4 nitrogen and oxygen atoms in total. The molecule has 1 aromatic rings. The first-order valence-corrected chi connectivity index (χ1v) is 7.69. The van der Waals surface area contributed by atoms with Gasteiger partial charge < -0.3 is 4.57 Å². The van der Waals surface area contributed by atoms with Crippen LogP contribution in [0.15, 0.2) is 5.16 Å². The van der Waals surface area contributed by atoms with Crippen molar-refractivity contribution < 1.29 is 0 Å². The molecule has 1 heterocycles. The number of nitrogens with zero attached hydrogens (tertiary/aromatic N) is 4. The maximum atomic E-state index is 8.83. The average molecular weight is 262 g/mol. The van der Waals surface area contributed by atoms with Crippen molar-refractivity contribution in [3.05, 3.63) is 5.82 Å². The molecule has 2 aliphatic rings. The van der Waals surface area contributed by atoms with Gasteiger partial charge in [0, 0.05) is 23.6 Å². The van der Waals surface area contributed by atoms with E-state index in [1.165, 1.54) is 31.5 Å². The molecular weight excluding hydrogens is 244 g/mol. The van der Waals surface area contributed by atoms with E-state index in [4.69, 9.17) is 5.26 Å². The van der Waals surface area contributed by atoms with Gasteiger partial charge in [0.05, 0.1) is 6.07 Å². The molecule has 1 atom stereocenters. The molecule has 18 heavy (non-hydrogen) atoms. The van der Waals surface area contributed by atoms with E-state index in [2.05, 4.69) is 27.8 Å². The summed E-state index contributed by atoms with van der Waals surface area (Å²) >= 11 is 1.74. The highest BCUT2D eigenvalue weighted by molar-refractivity contribution is 7.99. The topological polar surface area (TPSA) is 54.5 Å². The summed E-state index contributed by atoms with van der Waals surface area (Å²) < 4.78 is 2.36. The van der Waals surface area contributed by atoms with Crippen molar-refractivity contribution >= 4 is 11.8 Å². The van der Waals surface area contributed by atoms with Gasteiger partial charge in [-0.25, -0.2) is 0 Å². The third-order valence-electron chi connectivity index (χ3n) is 3.59. The lowest BCUT2D eigenvalue weighted by Gasteiger charge is -2.12. The van der Waals surface area contributed by atoms with E-state index >= 15 is 0 Å². The summed E-state index contributed by atoms with van der Waals surface area (Å²) in [5.74, 6) is 1.86. The van der Waals surface area contributed by atoms with Crippen LogP contribution in [0.5, 0.6) is 0 Å². The molecule has 2 aliphatic carbocycles. The van der Waals surface area contributed by atoms with Gasteiger partial charge in [-0.15, -0.1) is 10.2 Å². The van der Waals surface area contributed by atoms with Gasteiger partial charge in [0.15, 0.2) is 5.16 Å². The van der Waals surface area contributed by atoms with E-state index in [1.54, 1.807) is 11.8 Å². The quantitative estimate of drug-likeness (QED) is 0.738. The fraction of sp³-hybridized carbons (Fsp3) is 0.769. The molecule has 0 amide bonds. The maximum Gasteiger partial charge on any atom is 0.191 e. The Kier molecular flexibility index (Phi) is 3.29. The van der Waals surface area contributed by atoms with Gasteiger partial charge >= 0.3 is 0 Å². The van der Waals surface area contributed by atoms with Crippen molar-refractivity contribution in [3.63, 3.8) is 0 Å². The zero-order chi connectivity index (χ0) is 12.5. The Morgan fingerprint density at radius 1 is 1.39 bits per heavy atom. The second kappa shape index (κ2) is 4.93. The van der Waals surface area contributed by atoms with E-state index in [0.717, 1.165) is 11.6 Å². The summed E-state index contributed by atoms with van der Waals surface area (Å²) in [4.78, 5) is 0. The standard InChI is InChI=1S/C13H18N4S/c1-2-11(7-8-14)18-13-16-15-12(9-3-4-9)17(13)10-5-6-10/h9-11H,2-7H2,1H3. The Balaban J connectivity index is 1.80. The normalized spacial score (nSPS) is 20.7. The van der Waals surface area contributed by atoms with Crippen LogP contribution in [0.2, 0.25) is 0 Å². The first-order valence-electron chi connectivity index (χ1n) is 6.81. The Morgan fingerprint density at radius 3 is 2.72 bits per heavy atom. The summed E-state index contributed by atoms with van der Waals surface area (Å²) in [6.45, 7) is 2.13. The number of aromatic nitrogens is 3. The lowest BCUT2D eigenvalue weighted by Crippen LogP contribution is -2.06. The smallest absolute Gasteiger partial charge is 0.191 e. The minimum atomic E-state index is 0.351. The van der Waals surface area contributed by atoms with Crippen LogP contribution in [-0.2, 0) is 0 Å². The second-order valence-electron chi connectivity index (χ2n) is 5.23. The largest absolute Gasteiger partial charge is 0.303 e. The molecule has 2 fully saturated rings. The van der Waals surface area contributed by atoms with Crippen molar-refractivity contribution in [3.8, 4) is 6.07 Å². The molecule has 0 N–H and O–H groups in total. The summed E-state index contributed by atoms with van der Waals surface area (Å²) in [7, 11) is 0. The lowest BCUT2D eigenvalue weighted by molar-refractivity contribution is 0.624. The maximum absolute atomic E-state index is 8.83. The van der Waals surface area contributed by atoms with Crippen LogP contribution >= 0.6 is 11.8 Å². The molecule has 1 aromatic heterocycles. The number of rotatable bonds is 6. The van der Waals surface area contributed by atoms with Gasteiger partial charge in [0.2, 0.25) is 0 Å². The minimum absolute atomic E-state index is 0.351.